The van der Waals surface area contributed by atoms with Gasteiger partial charge < -0.3 is 4.84 Å². The third-order valence-electron chi connectivity index (χ3n) is 2.96. The van der Waals surface area contributed by atoms with E-state index in [1.807, 2.05) is 18.7 Å². The van der Waals surface area contributed by atoms with Gasteiger partial charge in [-0.1, -0.05) is 26.0 Å². The molecule has 1 heterocycles. The van der Waals surface area contributed by atoms with Gasteiger partial charge in [-0.25, -0.2) is 5.90 Å². The SMILES string of the molecule is CCSCCON.CCSCCON1C(=O)c2ccccc2C1=O.Cl. The van der Waals surface area contributed by atoms with Gasteiger partial charge in [-0.3, -0.25) is 14.4 Å². The van der Waals surface area contributed by atoms with Crippen LogP contribution in [0.4, 0.5) is 0 Å². The summed E-state index contributed by atoms with van der Waals surface area (Å²) in [5.74, 6) is 7.93. The summed E-state index contributed by atoms with van der Waals surface area (Å²) >= 11 is 3.53. The smallest absolute Gasteiger partial charge is 0.285 e. The molecule has 0 aliphatic carbocycles. The molecule has 2 amide bonds. The van der Waals surface area contributed by atoms with Crippen molar-refractivity contribution in [2.24, 2.45) is 5.90 Å². The second kappa shape index (κ2) is 14.4. The molecule has 0 aromatic heterocycles. The number of hydrogen-bond acceptors (Lipinski definition) is 7. The van der Waals surface area contributed by atoms with Gasteiger partial charge in [-0.2, -0.15) is 23.5 Å². The lowest BCUT2D eigenvalue weighted by Gasteiger charge is -2.12. The standard InChI is InChI=1S/C12H13NO3S.C4H11NOS.ClH/c1-2-17-8-7-16-13-11(14)9-5-3-4-6-10(9)12(13)15;1-2-7-4-3-6-5;/h3-6H,2,7-8H2,1H3;2-5H2,1H3;1H. The highest BCUT2D eigenvalue weighted by atomic mass is 35.5. The lowest BCUT2D eigenvalue weighted by molar-refractivity contribution is -0.0852. The van der Waals surface area contributed by atoms with Crippen LogP contribution >= 0.6 is 35.9 Å². The molecule has 0 bridgehead atoms. The Balaban J connectivity index is 0.000000620. The van der Waals surface area contributed by atoms with Crippen LogP contribution in [0.2, 0.25) is 0 Å². The van der Waals surface area contributed by atoms with E-state index in [0.717, 1.165) is 28.1 Å². The zero-order valence-corrected chi connectivity index (χ0v) is 16.9. The molecule has 0 unspecified atom stereocenters. The molecule has 0 saturated carbocycles. The summed E-state index contributed by atoms with van der Waals surface area (Å²) < 4.78 is 0. The monoisotopic (exact) mass is 408 g/mol. The van der Waals surface area contributed by atoms with E-state index in [-0.39, 0.29) is 24.2 Å². The number of carbonyl (C=O) groups is 2. The molecule has 0 saturated heterocycles. The Kier molecular flexibility index (Phi) is 14.0. The summed E-state index contributed by atoms with van der Waals surface area (Å²) in [4.78, 5) is 33.2. The fourth-order valence-corrected chi connectivity index (χ4v) is 2.85. The van der Waals surface area contributed by atoms with E-state index < -0.39 is 0 Å². The van der Waals surface area contributed by atoms with Crippen molar-refractivity contribution < 1.29 is 19.3 Å². The lowest BCUT2D eigenvalue weighted by Crippen LogP contribution is -2.30. The molecule has 1 aromatic rings. The molecule has 1 aliphatic rings. The first-order valence-electron chi connectivity index (χ1n) is 7.75. The molecular formula is C16H25ClN2O4S2. The van der Waals surface area contributed by atoms with E-state index in [1.54, 1.807) is 36.0 Å². The van der Waals surface area contributed by atoms with Gasteiger partial charge in [0.1, 0.15) is 0 Å². The fourth-order valence-electron chi connectivity index (χ4n) is 1.87. The molecule has 0 fully saturated rings. The minimum Gasteiger partial charge on any atom is -0.304 e. The van der Waals surface area contributed by atoms with Gasteiger partial charge in [-0.05, 0) is 23.6 Å². The Morgan fingerprint density at radius 1 is 0.960 bits per heavy atom. The van der Waals surface area contributed by atoms with Gasteiger partial charge >= 0.3 is 0 Å². The van der Waals surface area contributed by atoms with E-state index in [4.69, 9.17) is 10.7 Å². The third-order valence-corrected chi connectivity index (χ3v) is 4.69. The van der Waals surface area contributed by atoms with Gasteiger partial charge in [0.25, 0.3) is 11.8 Å². The number of rotatable bonds is 9. The number of carbonyl (C=O) groups excluding carboxylic acids is 2. The Morgan fingerprint density at radius 2 is 1.44 bits per heavy atom. The summed E-state index contributed by atoms with van der Waals surface area (Å²) in [5.41, 5.74) is 0.835. The van der Waals surface area contributed by atoms with Crippen molar-refractivity contribution in [3.63, 3.8) is 0 Å². The largest absolute Gasteiger partial charge is 0.304 e. The molecule has 1 aromatic carbocycles. The topological polar surface area (TPSA) is 81.9 Å². The molecule has 0 radical (unpaired) electrons. The lowest BCUT2D eigenvalue weighted by atomic mass is 10.1. The summed E-state index contributed by atoms with van der Waals surface area (Å²) in [6, 6.07) is 6.75. The highest BCUT2D eigenvalue weighted by Gasteiger charge is 2.36. The van der Waals surface area contributed by atoms with E-state index >= 15 is 0 Å². The van der Waals surface area contributed by atoms with Crippen LogP contribution in [0, 0.1) is 0 Å². The molecule has 2 rings (SSSR count). The summed E-state index contributed by atoms with van der Waals surface area (Å²) in [7, 11) is 0. The number of hydroxylamine groups is 2. The number of nitrogens with zero attached hydrogens (tertiary/aromatic N) is 1. The van der Waals surface area contributed by atoms with E-state index in [2.05, 4.69) is 11.8 Å². The summed E-state index contributed by atoms with van der Waals surface area (Å²) in [6.45, 7) is 5.19. The molecule has 1 aliphatic heterocycles. The second-order valence-electron chi connectivity index (χ2n) is 4.55. The number of halogens is 1. The summed E-state index contributed by atoms with van der Waals surface area (Å²) in [5, 5.41) is 0.862. The maximum atomic E-state index is 11.8. The van der Waals surface area contributed by atoms with Crippen LogP contribution in [0.1, 0.15) is 34.6 Å². The van der Waals surface area contributed by atoms with Gasteiger partial charge in [0.15, 0.2) is 0 Å². The summed E-state index contributed by atoms with van der Waals surface area (Å²) in [6.07, 6.45) is 0. The maximum absolute atomic E-state index is 11.8. The number of hydrogen-bond donors (Lipinski definition) is 1. The number of benzene rings is 1. The quantitative estimate of drug-likeness (QED) is 0.382. The molecular weight excluding hydrogens is 384 g/mol. The first kappa shape index (κ1) is 24.2. The Labute approximate surface area is 163 Å². The number of imide groups is 1. The van der Waals surface area contributed by atoms with E-state index in [0.29, 0.717) is 24.3 Å². The first-order valence-corrected chi connectivity index (χ1v) is 10.1. The van der Waals surface area contributed by atoms with Crippen molar-refractivity contribution in [3.8, 4) is 0 Å². The predicted octanol–water partition coefficient (Wildman–Crippen LogP) is 3.02. The van der Waals surface area contributed by atoms with Crippen LogP contribution in [0.15, 0.2) is 24.3 Å². The minimum atomic E-state index is -0.368. The molecule has 0 spiro atoms. The number of thioether (sulfide) groups is 2. The minimum absolute atomic E-state index is 0. The Bertz CT molecular complexity index is 496. The number of amides is 2. The molecule has 142 valence electrons. The van der Waals surface area contributed by atoms with Crippen LogP contribution < -0.4 is 5.90 Å². The molecule has 25 heavy (non-hydrogen) atoms. The number of nitrogens with two attached hydrogens (primary N) is 1. The Hall–Kier alpha value is -0.770. The van der Waals surface area contributed by atoms with Crippen molar-refractivity contribution in [1.82, 2.24) is 5.06 Å². The fraction of sp³-hybridized carbons (Fsp3) is 0.500. The van der Waals surface area contributed by atoms with Gasteiger partial charge in [-0.15, -0.1) is 17.5 Å². The predicted molar refractivity (Wildman–Crippen MR) is 106 cm³/mol. The molecule has 2 N–H and O–H groups in total. The van der Waals surface area contributed by atoms with Gasteiger partial charge in [0.2, 0.25) is 0 Å². The van der Waals surface area contributed by atoms with Crippen molar-refractivity contribution in [2.45, 2.75) is 13.8 Å². The maximum Gasteiger partial charge on any atom is 0.285 e. The average molecular weight is 409 g/mol. The van der Waals surface area contributed by atoms with Crippen LogP contribution in [-0.4, -0.2) is 53.1 Å². The van der Waals surface area contributed by atoms with Crippen LogP contribution in [0.3, 0.4) is 0 Å². The van der Waals surface area contributed by atoms with Crippen LogP contribution in [-0.2, 0) is 9.68 Å². The van der Waals surface area contributed by atoms with Crippen molar-refractivity contribution >= 4 is 47.7 Å². The van der Waals surface area contributed by atoms with Gasteiger partial charge in [0, 0.05) is 11.5 Å². The van der Waals surface area contributed by atoms with Crippen molar-refractivity contribution in [3.05, 3.63) is 35.4 Å². The van der Waals surface area contributed by atoms with Gasteiger partial charge in [0.05, 0.1) is 24.3 Å². The van der Waals surface area contributed by atoms with Crippen LogP contribution in [0.25, 0.3) is 0 Å². The highest BCUT2D eigenvalue weighted by Crippen LogP contribution is 2.22. The normalized spacial score (nSPS) is 12.4. The first-order chi connectivity index (χ1) is 11.7. The highest BCUT2D eigenvalue weighted by molar-refractivity contribution is 7.99. The average Bonchev–Trinajstić information content (AvgIpc) is 2.85. The zero-order valence-electron chi connectivity index (χ0n) is 14.4. The van der Waals surface area contributed by atoms with Crippen LogP contribution in [0.5, 0.6) is 0 Å². The second-order valence-corrected chi connectivity index (χ2v) is 7.34. The molecule has 0 atom stereocenters. The van der Waals surface area contributed by atoms with Crippen molar-refractivity contribution in [1.29, 1.82) is 0 Å². The Morgan fingerprint density at radius 3 is 1.88 bits per heavy atom. The third kappa shape index (κ3) is 7.98. The van der Waals surface area contributed by atoms with E-state index in [9.17, 15) is 9.59 Å². The molecule has 6 nitrogen and oxygen atoms in total. The number of fused-ring (bicyclic) bond motifs is 1. The van der Waals surface area contributed by atoms with Crippen molar-refractivity contribution in [2.75, 3.05) is 36.2 Å². The van der Waals surface area contributed by atoms with E-state index in [1.165, 1.54) is 0 Å². The zero-order chi connectivity index (χ0) is 17.8. The molecule has 9 heteroatoms.